The van der Waals surface area contributed by atoms with Crippen LogP contribution in [0.25, 0.3) is 9.75 Å². The van der Waals surface area contributed by atoms with Crippen molar-refractivity contribution in [3.63, 3.8) is 0 Å². The van der Waals surface area contributed by atoms with Crippen molar-refractivity contribution in [1.82, 2.24) is 5.32 Å². The number of phenols is 2. The number of Topliss-reactive ketones (excluding diaryl/α,β-unsaturated/α-hetero) is 1. The van der Waals surface area contributed by atoms with Gasteiger partial charge >= 0.3 is 0 Å². The lowest BCUT2D eigenvalue weighted by Gasteiger charge is -2.46. The van der Waals surface area contributed by atoms with E-state index in [0.29, 0.717) is 18.2 Å². The molecule has 2 fully saturated rings. The number of aliphatic imine (C=N–C) groups is 1. The van der Waals surface area contributed by atoms with E-state index in [2.05, 4.69) is 34.3 Å². The Kier molecular flexibility index (Phi) is 8.53. The Hall–Kier alpha value is -3.28. The van der Waals surface area contributed by atoms with Crippen molar-refractivity contribution >= 4 is 34.4 Å². The summed E-state index contributed by atoms with van der Waals surface area (Å²) in [6.07, 6.45) is 7.73. The fourth-order valence-corrected chi connectivity index (χ4v) is 8.89. The number of rotatable bonds is 7. The summed E-state index contributed by atoms with van der Waals surface area (Å²) in [5.74, 6) is 7.13. The number of carbonyl (C=O) groups is 1. The Balaban J connectivity index is 1.37. The largest absolute Gasteiger partial charge is 0.508 e. The fraction of sp³-hybridized carbons (Fsp3) is 0.438. The molecule has 5 rings (SSSR count). The molecule has 0 bridgehead atoms. The number of carbonyl (C=O) groups excluding carboxylic acids is 1. The normalized spacial score (nSPS) is 21.1. The molecule has 2 aromatic heterocycles. The van der Waals surface area contributed by atoms with Gasteiger partial charge in [-0.2, -0.15) is 0 Å². The van der Waals surface area contributed by atoms with Gasteiger partial charge in [-0.1, -0.05) is 18.8 Å². The van der Waals surface area contributed by atoms with Crippen LogP contribution < -0.4 is 11.1 Å². The van der Waals surface area contributed by atoms with Crippen LogP contribution in [0.2, 0.25) is 0 Å². The summed E-state index contributed by atoms with van der Waals surface area (Å²) in [4.78, 5) is 22.4. The zero-order chi connectivity index (χ0) is 28.3. The average Bonchev–Trinajstić information content (AvgIpc) is 3.69. The van der Waals surface area contributed by atoms with Gasteiger partial charge in [0.15, 0.2) is 11.7 Å². The molecule has 0 saturated heterocycles. The van der Waals surface area contributed by atoms with Crippen LogP contribution in [0.1, 0.15) is 72.0 Å². The minimum absolute atomic E-state index is 0.0179. The smallest absolute Gasteiger partial charge is 0.188 e. The second kappa shape index (κ2) is 12.1. The van der Waals surface area contributed by atoms with Crippen molar-refractivity contribution in [1.29, 1.82) is 0 Å². The topological polar surface area (TPSA) is 108 Å². The van der Waals surface area contributed by atoms with Crippen LogP contribution in [0.5, 0.6) is 11.5 Å². The monoisotopic (exact) mass is 575 g/mol. The molecule has 5 N–H and O–H groups in total. The summed E-state index contributed by atoms with van der Waals surface area (Å²) in [6, 6.07) is 12.9. The molecule has 3 atom stereocenters. The Morgan fingerprint density at radius 2 is 1.80 bits per heavy atom. The van der Waals surface area contributed by atoms with Gasteiger partial charge in [-0.25, -0.2) is 0 Å². The highest BCUT2D eigenvalue weighted by molar-refractivity contribution is 7.23. The van der Waals surface area contributed by atoms with Crippen LogP contribution in [-0.2, 0) is 6.42 Å². The molecule has 3 aromatic rings. The number of hydrogen-bond donors (Lipinski definition) is 4. The maximum Gasteiger partial charge on any atom is 0.188 e. The Morgan fingerprint density at radius 1 is 1.10 bits per heavy atom. The number of ketones is 1. The van der Waals surface area contributed by atoms with Crippen molar-refractivity contribution in [2.75, 3.05) is 7.05 Å². The van der Waals surface area contributed by atoms with E-state index in [1.54, 1.807) is 41.9 Å². The number of aromatic hydroxyl groups is 2. The van der Waals surface area contributed by atoms with Crippen molar-refractivity contribution < 1.29 is 15.0 Å². The zero-order valence-electron chi connectivity index (χ0n) is 23.1. The minimum atomic E-state index is -0.0222. The number of guanidine groups is 1. The summed E-state index contributed by atoms with van der Waals surface area (Å²) in [6.45, 7) is 1.84. The van der Waals surface area contributed by atoms with Crippen LogP contribution in [-0.4, -0.2) is 35.0 Å². The van der Waals surface area contributed by atoms with Gasteiger partial charge in [-0.05, 0) is 98.7 Å². The van der Waals surface area contributed by atoms with Crippen LogP contribution in [0.15, 0.2) is 47.5 Å². The first kappa shape index (κ1) is 28.3. The van der Waals surface area contributed by atoms with Gasteiger partial charge in [0.1, 0.15) is 11.5 Å². The molecule has 2 saturated carbocycles. The highest BCUT2D eigenvalue weighted by Crippen LogP contribution is 2.56. The van der Waals surface area contributed by atoms with Gasteiger partial charge in [-0.15, -0.1) is 28.6 Å². The molecule has 1 aromatic carbocycles. The first-order chi connectivity index (χ1) is 19.3. The highest BCUT2D eigenvalue weighted by atomic mass is 32.1. The van der Waals surface area contributed by atoms with E-state index < -0.39 is 0 Å². The van der Waals surface area contributed by atoms with E-state index in [4.69, 9.17) is 5.73 Å². The third-order valence-electron chi connectivity index (χ3n) is 8.66. The molecule has 6 nitrogen and oxygen atoms in total. The molecule has 0 unspecified atom stereocenters. The predicted molar refractivity (Wildman–Crippen MR) is 164 cm³/mol. The number of phenolic OH excluding ortho intramolecular Hbond substituents is 2. The Morgan fingerprint density at radius 3 is 2.50 bits per heavy atom. The second-order valence-electron chi connectivity index (χ2n) is 11.2. The lowest BCUT2D eigenvalue weighted by Crippen LogP contribution is -2.50. The van der Waals surface area contributed by atoms with E-state index in [1.807, 2.05) is 19.1 Å². The number of benzene rings is 1. The molecule has 2 heterocycles. The molecule has 2 aliphatic carbocycles. The quantitative estimate of drug-likeness (QED) is 0.110. The van der Waals surface area contributed by atoms with Crippen molar-refractivity contribution in [2.45, 2.75) is 64.3 Å². The van der Waals surface area contributed by atoms with Crippen molar-refractivity contribution in [3.8, 4) is 33.1 Å². The summed E-state index contributed by atoms with van der Waals surface area (Å²) in [5.41, 5.74) is 6.96. The molecule has 8 heteroatoms. The van der Waals surface area contributed by atoms with Gasteiger partial charge in [0.05, 0.1) is 9.75 Å². The SMILES string of the molecule is CC#Cc1ccc(-c2ccc(C(=O)[C@H]3CC[C@H]([C@@H](Cc4cc(O)cc(O)c4)NC(N)=NC)CC34CCCC4)s2)s1. The first-order valence-electron chi connectivity index (χ1n) is 14.0. The summed E-state index contributed by atoms with van der Waals surface area (Å²) in [7, 11) is 1.66. The fourth-order valence-electron chi connectivity index (χ4n) is 6.89. The van der Waals surface area contributed by atoms with E-state index in [0.717, 1.165) is 70.0 Å². The van der Waals surface area contributed by atoms with Crippen LogP contribution >= 0.6 is 22.7 Å². The predicted octanol–water partition coefficient (Wildman–Crippen LogP) is 6.56. The molecule has 0 radical (unpaired) electrons. The second-order valence-corrected chi connectivity index (χ2v) is 13.3. The third kappa shape index (κ3) is 6.06. The molecular formula is C32H37N3O3S2. The molecule has 0 aliphatic heterocycles. The minimum Gasteiger partial charge on any atom is -0.508 e. The van der Waals surface area contributed by atoms with Gasteiger partial charge in [0.2, 0.25) is 0 Å². The van der Waals surface area contributed by atoms with Crippen LogP contribution in [0, 0.1) is 29.1 Å². The van der Waals surface area contributed by atoms with Crippen molar-refractivity contribution in [3.05, 3.63) is 57.8 Å². The lowest BCUT2D eigenvalue weighted by atomic mass is 9.59. The van der Waals surface area contributed by atoms with Gasteiger partial charge in [0.25, 0.3) is 0 Å². The summed E-state index contributed by atoms with van der Waals surface area (Å²) < 4.78 is 0. The Bertz CT molecular complexity index is 1430. The number of nitrogens with two attached hydrogens (primary N) is 1. The average molecular weight is 576 g/mol. The van der Waals surface area contributed by atoms with Crippen LogP contribution in [0.4, 0.5) is 0 Å². The lowest BCUT2D eigenvalue weighted by molar-refractivity contribution is 0.0411. The maximum absolute atomic E-state index is 14.1. The van der Waals surface area contributed by atoms with E-state index in [-0.39, 0.29) is 34.8 Å². The highest BCUT2D eigenvalue weighted by Gasteiger charge is 2.50. The standard InChI is InChI=1S/C32H37N3O3S2/c1-3-6-24-8-10-27(39-24)28-11-12-29(40-28)30(38)25-9-7-21(19-32(25)13-4-5-14-32)26(35-31(33)34-2)17-20-15-22(36)18-23(37)16-20/h8,10-12,15-16,18,21,25-26,36-37H,4-5,7,9,13-14,17,19H2,1-2H3,(H3,33,34,35)/t21-,25+,26+/m0/s1. The number of thiophene rings is 2. The molecule has 2 aliphatic rings. The van der Waals surface area contributed by atoms with Gasteiger partial charge in [0, 0.05) is 34.8 Å². The third-order valence-corrected chi connectivity index (χ3v) is 11.0. The molecule has 40 heavy (non-hydrogen) atoms. The molecule has 1 spiro atoms. The number of nitrogens with one attached hydrogen (secondary N) is 1. The van der Waals surface area contributed by atoms with Crippen LogP contribution in [0.3, 0.4) is 0 Å². The summed E-state index contributed by atoms with van der Waals surface area (Å²) >= 11 is 3.27. The molecule has 210 valence electrons. The summed E-state index contributed by atoms with van der Waals surface area (Å²) in [5, 5.41) is 23.5. The Labute approximate surface area is 244 Å². The molecule has 0 amide bonds. The maximum atomic E-state index is 14.1. The van der Waals surface area contributed by atoms with Gasteiger partial charge < -0.3 is 21.3 Å². The zero-order valence-corrected chi connectivity index (χ0v) is 24.7. The molecular weight excluding hydrogens is 539 g/mol. The number of hydrogen-bond acceptors (Lipinski definition) is 6. The van der Waals surface area contributed by atoms with Gasteiger partial charge in [-0.3, -0.25) is 9.79 Å². The van der Waals surface area contributed by atoms with E-state index in [1.165, 1.54) is 6.07 Å². The first-order valence-corrected chi connectivity index (χ1v) is 15.6. The number of nitrogens with zero attached hydrogens (tertiary/aromatic N) is 1. The van der Waals surface area contributed by atoms with E-state index >= 15 is 0 Å². The van der Waals surface area contributed by atoms with E-state index in [9.17, 15) is 15.0 Å². The van der Waals surface area contributed by atoms with Crippen molar-refractivity contribution in [2.24, 2.45) is 28.0 Å².